The van der Waals surface area contributed by atoms with Gasteiger partial charge in [-0.1, -0.05) is 34.8 Å². The predicted molar refractivity (Wildman–Crippen MR) is 60.1 cm³/mol. The van der Waals surface area contributed by atoms with Crippen LogP contribution in [0.3, 0.4) is 0 Å². The number of carboxylic acid groups (broad SMARTS) is 1. The molecule has 0 amide bonds. The third kappa shape index (κ3) is 2.78. The van der Waals surface area contributed by atoms with E-state index in [0.29, 0.717) is 0 Å². The highest BCUT2D eigenvalue weighted by molar-refractivity contribution is 6.43. The van der Waals surface area contributed by atoms with E-state index in [0.717, 1.165) is 0 Å². The Labute approximate surface area is 106 Å². The second-order valence-corrected chi connectivity index (χ2v) is 4.24. The predicted octanol–water partition coefficient (Wildman–Crippen LogP) is 2.13. The normalized spacial score (nSPS) is 14.6. The molecule has 0 saturated carbocycles. The molecule has 0 aliphatic carbocycles. The van der Waals surface area contributed by atoms with E-state index in [1.165, 1.54) is 12.1 Å². The second-order valence-electron chi connectivity index (χ2n) is 3.02. The fourth-order valence-corrected chi connectivity index (χ4v) is 1.83. The molecule has 4 nitrogen and oxygen atoms in total. The first-order valence-corrected chi connectivity index (χ1v) is 5.21. The molecule has 16 heavy (non-hydrogen) atoms. The van der Waals surface area contributed by atoms with Gasteiger partial charge in [0.25, 0.3) is 0 Å². The summed E-state index contributed by atoms with van der Waals surface area (Å²) < 4.78 is 0. The summed E-state index contributed by atoms with van der Waals surface area (Å²) in [5.74, 6) is -1.57. The average Bonchev–Trinajstić information content (AvgIpc) is 2.21. The SMILES string of the molecule is O=C(O)C(O)C(O)c1cc(Cl)cc(Cl)c1Cl. The first-order valence-electron chi connectivity index (χ1n) is 4.08. The lowest BCUT2D eigenvalue weighted by Crippen LogP contribution is -2.27. The molecule has 0 aliphatic heterocycles. The van der Waals surface area contributed by atoms with Crippen LogP contribution in [0.1, 0.15) is 11.7 Å². The van der Waals surface area contributed by atoms with E-state index in [1.54, 1.807) is 0 Å². The third-order valence-electron chi connectivity index (χ3n) is 1.89. The van der Waals surface area contributed by atoms with Gasteiger partial charge in [-0.3, -0.25) is 0 Å². The summed E-state index contributed by atoms with van der Waals surface area (Å²) in [5.41, 5.74) is -0.0333. The van der Waals surface area contributed by atoms with E-state index in [9.17, 15) is 9.90 Å². The molecule has 0 bridgehead atoms. The van der Waals surface area contributed by atoms with E-state index in [-0.39, 0.29) is 20.6 Å². The van der Waals surface area contributed by atoms with E-state index in [4.69, 9.17) is 45.0 Å². The Morgan fingerprint density at radius 1 is 1.19 bits per heavy atom. The summed E-state index contributed by atoms with van der Waals surface area (Å²) in [6, 6.07) is 2.58. The van der Waals surface area contributed by atoms with E-state index < -0.39 is 18.2 Å². The summed E-state index contributed by atoms with van der Waals surface area (Å²) in [4.78, 5) is 10.5. The van der Waals surface area contributed by atoms with Gasteiger partial charge in [-0.05, 0) is 12.1 Å². The van der Waals surface area contributed by atoms with Gasteiger partial charge in [0.05, 0.1) is 10.0 Å². The van der Waals surface area contributed by atoms with Gasteiger partial charge in [0.15, 0.2) is 6.10 Å². The number of carboxylic acids is 1. The molecule has 1 aromatic rings. The molecule has 7 heteroatoms. The van der Waals surface area contributed by atoms with Crippen LogP contribution in [0.15, 0.2) is 12.1 Å². The summed E-state index contributed by atoms with van der Waals surface area (Å²) in [5, 5.41) is 27.5. The largest absolute Gasteiger partial charge is 0.479 e. The molecule has 0 heterocycles. The highest BCUT2D eigenvalue weighted by Gasteiger charge is 2.27. The van der Waals surface area contributed by atoms with Gasteiger partial charge in [-0.25, -0.2) is 4.79 Å². The van der Waals surface area contributed by atoms with Crippen molar-refractivity contribution in [3.63, 3.8) is 0 Å². The monoisotopic (exact) mass is 284 g/mol. The summed E-state index contributed by atoms with van der Waals surface area (Å²) in [6.45, 7) is 0. The molecule has 0 radical (unpaired) electrons. The highest BCUT2D eigenvalue weighted by atomic mass is 35.5. The Balaban J connectivity index is 3.17. The Morgan fingerprint density at radius 2 is 1.75 bits per heavy atom. The van der Waals surface area contributed by atoms with Crippen LogP contribution in [0.2, 0.25) is 15.1 Å². The van der Waals surface area contributed by atoms with Crippen LogP contribution in [0.25, 0.3) is 0 Å². The lowest BCUT2D eigenvalue weighted by atomic mass is 10.0. The van der Waals surface area contributed by atoms with Crippen LogP contribution in [0.5, 0.6) is 0 Å². The van der Waals surface area contributed by atoms with Crippen molar-refractivity contribution in [2.45, 2.75) is 12.2 Å². The topological polar surface area (TPSA) is 77.8 Å². The maximum Gasteiger partial charge on any atom is 0.335 e. The molecule has 0 saturated heterocycles. The Morgan fingerprint density at radius 3 is 2.25 bits per heavy atom. The van der Waals surface area contributed by atoms with Gasteiger partial charge in [0, 0.05) is 10.6 Å². The first kappa shape index (κ1) is 13.5. The summed E-state index contributed by atoms with van der Waals surface area (Å²) >= 11 is 17.1. The maximum absolute atomic E-state index is 10.5. The van der Waals surface area contributed by atoms with Crippen molar-refractivity contribution in [2.24, 2.45) is 0 Å². The smallest absolute Gasteiger partial charge is 0.335 e. The molecule has 0 aliphatic rings. The maximum atomic E-state index is 10.5. The number of aliphatic carboxylic acids is 1. The standard InChI is InChI=1S/C9H7Cl3O4/c10-3-1-4(6(12)5(11)2-3)7(13)8(14)9(15)16/h1-2,7-8,13-14H,(H,15,16). The van der Waals surface area contributed by atoms with E-state index >= 15 is 0 Å². The molecule has 2 atom stereocenters. The molecule has 0 fully saturated rings. The molecule has 0 spiro atoms. The van der Waals surface area contributed by atoms with Gasteiger partial charge >= 0.3 is 5.97 Å². The van der Waals surface area contributed by atoms with Crippen molar-refractivity contribution in [1.29, 1.82) is 0 Å². The molecule has 1 rings (SSSR count). The Bertz CT molecular complexity index is 421. The zero-order chi connectivity index (χ0) is 12.5. The Hall–Kier alpha value is -0.520. The van der Waals surface area contributed by atoms with Crippen LogP contribution in [0, 0.1) is 0 Å². The minimum atomic E-state index is -1.99. The minimum absolute atomic E-state index is 0.0333. The van der Waals surface area contributed by atoms with Crippen LogP contribution in [-0.4, -0.2) is 27.4 Å². The number of hydrogen-bond acceptors (Lipinski definition) is 3. The number of rotatable bonds is 3. The number of aliphatic hydroxyl groups is 2. The molecule has 1 aromatic carbocycles. The Kier molecular flexibility index (Phi) is 4.41. The second kappa shape index (κ2) is 5.21. The van der Waals surface area contributed by atoms with Crippen LogP contribution >= 0.6 is 34.8 Å². The number of benzene rings is 1. The summed E-state index contributed by atoms with van der Waals surface area (Å²) in [7, 11) is 0. The molecule has 2 unspecified atom stereocenters. The van der Waals surface area contributed by atoms with Gasteiger partial charge in [0.2, 0.25) is 0 Å². The minimum Gasteiger partial charge on any atom is -0.479 e. The lowest BCUT2D eigenvalue weighted by Gasteiger charge is -2.16. The fraction of sp³-hybridized carbons (Fsp3) is 0.222. The number of halogens is 3. The van der Waals surface area contributed by atoms with Crippen molar-refractivity contribution in [2.75, 3.05) is 0 Å². The van der Waals surface area contributed by atoms with Crippen molar-refractivity contribution in [3.8, 4) is 0 Å². The van der Waals surface area contributed by atoms with Crippen LogP contribution in [-0.2, 0) is 4.79 Å². The zero-order valence-electron chi connectivity index (χ0n) is 7.69. The van der Waals surface area contributed by atoms with Crippen molar-refractivity contribution in [1.82, 2.24) is 0 Å². The molecular formula is C9H7Cl3O4. The highest BCUT2D eigenvalue weighted by Crippen LogP contribution is 2.34. The van der Waals surface area contributed by atoms with Gasteiger partial charge in [-0.15, -0.1) is 0 Å². The summed E-state index contributed by atoms with van der Waals surface area (Å²) in [6.07, 6.45) is -3.69. The third-order valence-corrected chi connectivity index (χ3v) is 2.93. The average molecular weight is 286 g/mol. The van der Waals surface area contributed by atoms with Crippen molar-refractivity contribution >= 4 is 40.8 Å². The molecule has 0 aromatic heterocycles. The van der Waals surface area contributed by atoms with Gasteiger partial charge in [0.1, 0.15) is 6.10 Å². The number of hydrogen-bond donors (Lipinski definition) is 3. The van der Waals surface area contributed by atoms with Gasteiger partial charge in [-0.2, -0.15) is 0 Å². The quantitative estimate of drug-likeness (QED) is 0.743. The molecular weight excluding hydrogens is 278 g/mol. The van der Waals surface area contributed by atoms with E-state index in [2.05, 4.69) is 0 Å². The fourth-order valence-electron chi connectivity index (χ4n) is 1.10. The van der Waals surface area contributed by atoms with Crippen molar-refractivity contribution < 1.29 is 20.1 Å². The first-order chi connectivity index (χ1) is 7.34. The van der Waals surface area contributed by atoms with E-state index in [1.807, 2.05) is 0 Å². The lowest BCUT2D eigenvalue weighted by molar-refractivity contribution is -0.153. The van der Waals surface area contributed by atoms with Crippen LogP contribution < -0.4 is 0 Å². The van der Waals surface area contributed by atoms with Crippen molar-refractivity contribution in [3.05, 3.63) is 32.8 Å². The molecule has 88 valence electrons. The number of carbonyl (C=O) groups is 1. The van der Waals surface area contributed by atoms with Crippen LogP contribution in [0.4, 0.5) is 0 Å². The zero-order valence-corrected chi connectivity index (χ0v) is 9.96. The number of aliphatic hydroxyl groups excluding tert-OH is 2. The van der Waals surface area contributed by atoms with Gasteiger partial charge < -0.3 is 15.3 Å². The molecule has 3 N–H and O–H groups in total.